The van der Waals surface area contributed by atoms with Gasteiger partial charge >= 0.3 is 0 Å². The van der Waals surface area contributed by atoms with Crippen LogP contribution in [0.15, 0.2) is 0 Å². The standard InChI is InChI=1S/C14H26N2O/c1-4-14(8-5-9-15-14)13(17)16(11(2)3)10-12-6-7-12/h11-12,15H,4-10H2,1-3H3. The second kappa shape index (κ2) is 4.97. The lowest BCUT2D eigenvalue weighted by molar-refractivity contribution is -0.140. The summed E-state index contributed by atoms with van der Waals surface area (Å²) in [6.45, 7) is 8.37. The van der Waals surface area contributed by atoms with Gasteiger partial charge < -0.3 is 10.2 Å². The zero-order valence-electron chi connectivity index (χ0n) is 11.5. The lowest BCUT2D eigenvalue weighted by atomic mass is 9.91. The van der Waals surface area contributed by atoms with Crippen molar-refractivity contribution in [2.45, 2.75) is 64.5 Å². The van der Waals surface area contributed by atoms with Crippen molar-refractivity contribution >= 4 is 5.91 Å². The Bertz CT molecular complexity index is 278. The summed E-state index contributed by atoms with van der Waals surface area (Å²) < 4.78 is 0. The van der Waals surface area contributed by atoms with E-state index in [0.29, 0.717) is 11.9 Å². The number of carbonyl (C=O) groups excluding carboxylic acids is 1. The SMILES string of the molecule is CCC1(C(=O)N(CC2CC2)C(C)C)CCCN1. The molecule has 1 heterocycles. The number of nitrogens with zero attached hydrogens (tertiary/aromatic N) is 1. The molecule has 2 fully saturated rings. The molecule has 1 aliphatic carbocycles. The van der Waals surface area contributed by atoms with Crippen LogP contribution in [0.3, 0.4) is 0 Å². The molecule has 1 saturated carbocycles. The van der Waals surface area contributed by atoms with Crippen molar-refractivity contribution in [1.82, 2.24) is 10.2 Å². The largest absolute Gasteiger partial charge is 0.338 e. The van der Waals surface area contributed by atoms with Gasteiger partial charge in [0.2, 0.25) is 5.91 Å². The molecule has 2 aliphatic rings. The van der Waals surface area contributed by atoms with E-state index in [2.05, 4.69) is 31.0 Å². The fourth-order valence-corrected chi connectivity index (χ4v) is 2.82. The van der Waals surface area contributed by atoms with Gasteiger partial charge in [0.25, 0.3) is 0 Å². The Morgan fingerprint density at radius 1 is 1.47 bits per heavy atom. The van der Waals surface area contributed by atoms with Crippen molar-refractivity contribution in [1.29, 1.82) is 0 Å². The molecule has 0 spiro atoms. The second-order valence-corrected chi connectivity index (χ2v) is 5.96. The van der Waals surface area contributed by atoms with Crippen LogP contribution in [0.25, 0.3) is 0 Å². The van der Waals surface area contributed by atoms with Crippen molar-refractivity contribution < 1.29 is 4.79 Å². The third-order valence-corrected chi connectivity index (χ3v) is 4.29. The van der Waals surface area contributed by atoms with E-state index < -0.39 is 0 Å². The molecular weight excluding hydrogens is 212 g/mol. The maximum atomic E-state index is 12.8. The van der Waals surface area contributed by atoms with Crippen LogP contribution in [0.4, 0.5) is 0 Å². The molecule has 17 heavy (non-hydrogen) atoms. The summed E-state index contributed by atoms with van der Waals surface area (Å²) in [5, 5.41) is 3.46. The number of hydrogen-bond donors (Lipinski definition) is 1. The minimum atomic E-state index is -0.251. The second-order valence-electron chi connectivity index (χ2n) is 5.96. The molecule has 0 aromatic heterocycles. The molecule has 98 valence electrons. The first-order chi connectivity index (χ1) is 8.09. The average molecular weight is 238 g/mol. The number of carbonyl (C=O) groups is 1. The molecular formula is C14H26N2O. The van der Waals surface area contributed by atoms with E-state index in [1.807, 2.05) is 0 Å². The van der Waals surface area contributed by atoms with Crippen LogP contribution >= 0.6 is 0 Å². The third-order valence-electron chi connectivity index (χ3n) is 4.29. The van der Waals surface area contributed by atoms with Crippen LogP contribution in [-0.2, 0) is 4.79 Å². The van der Waals surface area contributed by atoms with Crippen LogP contribution < -0.4 is 5.32 Å². The Morgan fingerprint density at radius 3 is 2.59 bits per heavy atom. The van der Waals surface area contributed by atoms with Crippen molar-refractivity contribution in [2.75, 3.05) is 13.1 Å². The molecule has 3 nitrogen and oxygen atoms in total. The predicted molar refractivity (Wildman–Crippen MR) is 69.8 cm³/mol. The highest BCUT2D eigenvalue weighted by atomic mass is 16.2. The maximum Gasteiger partial charge on any atom is 0.243 e. The van der Waals surface area contributed by atoms with Gasteiger partial charge in [-0.3, -0.25) is 4.79 Å². The topological polar surface area (TPSA) is 32.3 Å². The molecule has 3 heteroatoms. The minimum Gasteiger partial charge on any atom is -0.338 e. The Balaban J connectivity index is 2.07. The number of amides is 1. The quantitative estimate of drug-likeness (QED) is 0.796. The predicted octanol–water partition coefficient (Wildman–Crippen LogP) is 2.17. The zero-order valence-corrected chi connectivity index (χ0v) is 11.5. The summed E-state index contributed by atoms with van der Waals surface area (Å²) in [5.74, 6) is 1.12. The minimum absolute atomic E-state index is 0.251. The van der Waals surface area contributed by atoms with Crippen LogP contribution in [-0.4, -0.2) is 35.5 Å². The summed E-state index contributed by atoms with van der Waals surface area (Å²) in [6.07, 6.45) is 5.68. The first kappa shape index (κ1) is 12.9. The highest BCUT2D eigenvalue weighted by Crippen LogP contribution is 2.33. The Labute approximate surface area is 105 Å². The van der Waals surface area contributed by atoms with Gasteiger partial charge in [0, 0.05) is 12.6 Å². The summed E-state index contributed by atoms with van der Waals surface area (Å²) in [5.41, 5.74) is -0.251. The molecule has 1 atom stereocenters. The maximum absolute atomic E-state index is 12.8. The van der Waals surface area contributed by atoms with Gasteiger partial charge in [-0.1, -0.05) is 6.92 Å². The monoisotopic (exact) mass is 238 g/mol. The lowest BCUT2D eigenvalue weighted by Gasteiger charge is -2.36. The van der Waals surface area contributed by atoms with Crippen molar-refractivity contribution in [3.05, 3.63) is 0 Å². The van der Waals surface area contributed by atoms with Crippen molar-refractivity contribution in [2.24, 2.45) is 5.92 Å². The van der Waals surface area contributed by atoms with E-state index >= 15 is 0 Å². The highest BCUT2D eigenvalue weighted by Gasteiger charge is 2.43. The van der Waals surface area contributed by atoms with Crippen LogP contribution in [0.1, 0.15) is 52.9 Å². The normalized spacial score (nSPS) is 28.7. The third kappa shape index (κ3) is 2.65. The van der Waals surface area contributed by atoms with Crippen LogP contribution in [0.2, 0.25) is 0 Å². The molecule has 1 N–H and O–H groups in total. The smallest absolute Gasteiger partial charge is 0.243 e. The van der Waals surface area contributed by atoms with E-state index in [-0.39, 0.29) is 5.54 Å². The molecule has 0 aromatic carbocycles. The molecule has 1 saturated heterocycles. The van der Waals surface area contributed by atoms with Gasteiger partial charge in [0.1, 0.15) is 0 Å². The molecule has 0 aromatic rings. The van der Waals surface area contributed by atoms with E-state index in [1.165, 1.54) is 12.8 Å². The van der Waals surface area contributed by atoms with Gasteiger partial charge in [-0.15, -0.1) is 0 Å². The molecule has 1 amide bonds. The molecule has 2 rings (SSSR count). The van der Waals surface area contributed by atoms with Crippen LogP contribution in [0, 0.1) is 5.92 Å². The van der Waals surface area contributed by atoms with Gasteiger partial charge in [0.05, 0.1) is 5.54 Å². The van der Waals surface area contributed by atoms with E-state index in [4.69, 9.17) is 0 Å². The van der Waals surface area contributed by atoms with Crippen molar-refractivity contribution in [3.8, 4) is 0 Å². The highest BCUT2D eigenvalue weighted by molar-refractivity contribution is 5.87. The van der Waals surface area contributed by atoms with Gasteiger partial charge in [-0.25, -0.2) is 0 Å². The molecule has 1 unspecified atom stereocenters. The molecule has 0 radical (unpaired) electrons. The van der Waals surface area contributed by atoms with Gasteiger partial charge in [-0.2, -0.15) is 0 Å². The summed E-state index contributed by atoms with van der Waals surface area (Å²) >= 11 is 0. The Morgan fingerprint density at radius 2 is 2.18 bits per heavy atom. The zero-order chi connectivity index (χ0) is 12.5. The van der Waals surface area contributed by atoms with E-state index in [1.54, 1.807) is 0 Å². The first-order valence-corrected chi connectivity index (χ1v) is 7.15. The summed E-state index contributed by atoms with van der Waals surface area (Å²) in [7, 11) is 0. The van der Waals surface area contributed by atoms with E-state index in [9.17, 15) is 4.79 Å². The van der Waals surface area contributed by atoms with E-state index in [0.717, 1.165) is 38.3 Å². The molecule has 0 bridgehead atoms. The summed E-state index contributed by atoms with van der Waals surface area (Å²) in [4.78, 5) is 14.9. The Hall–Kier alpha value is -0.570. The fraction of sp³-hybridized carbons (Fsp3) is 0.929. The number of nitrogens with one attached hydrogen (secondary N) is 1. The Kier molecular flexibility index (Phi) is 3.76. The van der Waals surface area contributed by atoms with Crippen LogP contribution in [0.5, 0.6) is 0 Å². The number of hydrogen-bond acceptors (Lipinski definition) is 2. The first-order valence-electron chi connectivity index (χ1n) is 7.15. The lowest BCUT2D eigenvalue weighted by Crippen LogP contribution is -2.56. The van der Waals surface area contributed by atoms with Gasteiger partial charge in [0.15, 0.2) is 0 Å². The summed E-state index contributed by atoms with van der Waals surface area (Å²) in [6, 6.07) is 0.328. The number of rotatable bonds is 5. The average Bonchev–Trinajstić information content (AvgIpc) is 2.99. The van der Waals surface area contributed by atoms with Gasteiger partial charge in [-0.05, 0) is 58.4 Å². The fourth-order valence-electron chi connectivity index (χ4n) is 2.82. The van der Waals surface area contributed by atoms with Crippen molar-refractivity contribution in [3.63, 3.8) is 0 Å². The molecule has 1 aliphatic heterocycles.